The van der Waals surface area contributed by atoms with Gasteiger partial charge < -0.3 is 20.2 Å². The number of aryl methyl sites for hydroxylation is 1. The van der Waals surface area contributed by atoms with E-state index in [1.807, 2.05) is 0 Å². The fourth-order valence-corrected chi connectivity index (χ4v) is 1.95. The molecule has 22 heavy (non-hydrogen) atoms. The number of nitrogens with one attached hydrogen (secondary N) is 1. The Morgan fingerprint density at radius 3 is 2.86 bits per heavy atom. The van der Waals surface area contributed by atoms with Gasteiger partial charge in [0.2, 0.25) is 0 Å². The van der Waals surface area contributed by atoms with Crippen LogP contribution in [-0.4, -0.2) is 34.3 Å². The van der Waals surface area contributed by atoms with Crippen molar-refractivity contribution in [2.24, 2.45) is 0 Å². The first-order valence-electron chi connectivity index (χ1n) is 6.62. The van der Waals surface area contributed by atoms with Crippen molar-refractivity contribution in [1.82, 2.24) is 15.1 Å². The third kappa shape index (κ3) is 3.60. The molecule has 1 heterocycles. The molecule has 0 saturated heterocycles. The maximum absolute atomic E-state index is 12.0. The lowest BCUT2D eigenvalue weighted by molar-refractivity contribution is -0.389. The monoisotopic (exact) mass is 304 g/mol. The topological polar surface area (TPSA) is 99.3 Å². The van der Waals surface area contributed by atoms with Gasteiger partial charge in [-0.05, 0) is 30.0 Å². The second-order valence-electron chi connectivity index (χ2n) is 4.61. The number of aromatic nitrogens is 2. The van der Waals surface area contributed by atoms with E-state index in [4.69, 9.17) is 4.74 Å². The van der Waals surface area contributed by atoms with Crippen molar-refractivity contribution >= 4 is 11.7 Å². The fourth-order valence-electron chi connectivity index (χ4n) is 1.95. The first-order chi connectivity index (χ1) is 10.5. The van der Waals surface area contributed by atoms with Gasteiger partial charge in [-0.2, -0.15) is 4.68 Å². The van der Waals surface area contributed by atoms with Crippen molar-refractivity contribution in [3.8, 4) is 5.75 Å². The highest BCUT2D eigenvalue weighted by Gasteiger charge is 2.15. The van der Waals surface area contributed by atoms with Crippen molar-refractivity contribution in [1.29, 1.82) is 0 Å². The molecule has 0 spiro atoms. The Kier molecular flexibility index (Phi) is 4.72. The summed E-state index contributed by atoms with van der Waals surface area (Å²) in [6.45, 7) is 2.40. The summed E-state index contributed by atoms with van der Waals surface area (Å²) >= 11 is 0. The summed E-state index contributed by atoms with van der Waals surface area (Å²) in [7, 11) is 1.53. The predicted molar refractivity (Wildman–Crippen MR) is 78.9 cm³/mol. The number of amides is 1. The van der Waals surface area contributed by atoms with Crippen molar-refractivity contribution in [2.45, 2.75) is 13.5 Å². The Morgan fingerprint density at radius 2 is 2.23 bits per heavy atom. The molecule has 1 aromatic carbocycles. The molecule has 8 heteroatoms. The average Bonchev–Trinajstić information content (AvgIpc) is 2.89. The molecule has 8 nitrogen and oxygen atoms in total. The van der Waals surface area contributed by atoms with Gasteiger partial charge in [0.1, 0.15) is 5.75 Å². The van der Waals surface area contributed by atoms with Crippen molar-refractivity contribution in [3.05, 3.63) is 51.7 Å². The number of carbonyl (C=O) groups is 1. The summed E-state index contributed by atoms with van der Waals surface area (Å²) in [6, 6.07) is 8.20. The van der Waals surface area contributed by atoms with E-state index < -0.39 is 4.92 Å². The number of methoxy groups -OCH3 is 1. The van der Waals surface area contributed by atoms with E-state index in [-0.39, 0.29) is 11.7 Å². The molecule has 0 aliphatic heterocycles. The average molecular weight is 304 g/mol. The molecule has 0 fully saturated rings. The zero-order chi connectivity index (χ0) is 16.1. The normalized spacial score (nSPS) is 10.3. The number of nitrogens with zero attached hydrogens (tertiary/aromatic N) is 3. The van der Waals surface area contributed by atoms with Gasteiger partial charge in [-0.3, -0.25) is 4.79 Å². The van der Waals surface area contributed by atoms with Crippen LogP contribution in [0.25, 0.3) is 0 Å². The molecule has 0 unspecified atom stereocenters. The summed E-state index contributed by atoms with van der Waals surface area (Å²) in [5.41, 5.74) is 1.16. The maximum atomic E-state index is 12.0. The Labute approximate surface area is 126 Å². The number of ether oxygens (including phenoxy) is 1. The summed E-state index contributed by atoms with van der Waals surface area (Å²) in [6.07, 6.45) is 0. The Bertz CT molecular complexity index is 696. The van der Waals surface area contributed by atoms with Crippen LogP contribution in [0.2, 0.25) is 0 Å². The minimum atomic E-state index is -0.543. The molecule has 0 bridgehead atoms. The number of nitro groups is 1. The highest BCUT2D eigenvalue weighted by molar-refractivity contribution is 5.94. The van der Waals surface area contributed by atoms with Gasteiger partial charge in [0.15, 0.2) is 0 Å². The van der Waals surface area contributed by atoms with Crippen LogP contribution in [0.1, 0.15) is 16.1 Å². The minimum Gasteiger partial charge on any atom is -0.497 e. The van der Waals surface area contributed by atoms with Gasteiger partial charge in [0.05, 0.1) is 30.5 Å². The van der Waals surface area contributed by atoms with Crippen molar-refractivity contribution in [2.75, 3.05) is 13.7 Å². The highest BCUT2D eigenvalue weighted by Crippen LogP contribution is 2.12. The molecule has 0 radical (unpaired) electrons. The van der Waals surface area contributed by atoms with Gasteiger partial charge in [-0.25, -0.2) is 0 Å². The third-order valence-electron chi connectivity index (χ3n) is 3.10. The quantitative estimate of drug-likeness (QED) is 0.644. The Hall–Kier alpha value is -2.90. The second kappa shape index (κ2) is 6.70. The molecule has 2 rings (SSSR count). The fraction of sp³-hybridized carbons (Fsp3) is 0.286. The standard InChI is InChI=1S/C14H16N4O4/c1-10-8-13(18(20)21)16-17(10)7-6-15-14(19)11-4-3-5-12(9-11)22-2/h3-5,8-9H,6-7H2,1-2H3,(H,15,19). The van der Waals surface area contributed by atoms with Crippen molar-refractivity contribution in [3.63, 3.8) is 0 Å². The first-order valence-corrected chi connectivity index (χ1v) is 6.62. The SMILES string of the molecule is COc1cccc(C(=O)NCCn2nc([N+](=O)[O-])cc2C)c1. The lowest BCUT2D eigenvalue weighted by Gasteiger charge is -2.06. The number of carbonyl (C=O) groups excluding carboxylic acids is 1. The summed E-state index contributed by atoms with van der Waals surface area (Å²) in [5, 5.41) is 17.2. The smallest absolute Gasteiger partial charge is 0.390 e. The highest BCUT2D eigenvalue weighted by atomic mass is 16.6. The molecule has 1 aromatic heterocycles. The molecule has 0 saturated carbocycles. The van der Waals surface area contributed by atoms with Crippen LogP contribution in [-0.2, 0) is 6.54 Å². The summed E-state index contributed by atoms with van der Waals surface area (Å²) in [5.74, 6) is 0.168. The summed E-state index contributed by atoms with van der Waals surface area (Å²) < 4.78 is 6.55. The van der Waals surface area contributed by atoms with Gasteiger partial charge in [0, 0.05) is 12.1 Å². The number of hydrogen-bond acceptors (Lipinski definition) is 5. The van der Waals surface area contributed by atoms with E-state index in [1.54, 1.807) is 31.2 Å². The first kappa shape index (κ1) is 15.5. The van der Waals surface area contributed by atoms with E-state index in [0.717, 1.165) is 0 Å². The van der Waals surface area contributed by atoms with Crippen LogP contribution >= 0.6 is 0 Å². The molecular formula is C14H16N4O4. The molecule has 0 aliphatic carbocycles. The molecule has 0 aliphatic rings. The molecular weight excluding hydrogens is 288 g/mol. The van der Waals surface area contributed by atoms with E-state index in [0.29, 0.717) is 30.1 Å². The van der Waals surface area contributed by atoms with Crippen molar-refractivity contribution < 1.29 is 14.5 Å². The van der Waals surface area contributed by atoms with Crippen LogP contribution in [0, 0.1) is 17.0 Å². The van der Waals surface area contributed by atoms with E-state index >= 15 is 0 Å². The zero-order valence-electron chi connectivity index (χ0n) is 12.3. The largest absolute Gasteiger partial charge is 0.497 e. The molecule has 116 valence electrons. The van der Waals surface area contributed by atoms with Gasteiger partial charge >= 0.3 is 5.82 Å². The number of hydrogen-bond donors (Lipinski definition) is 1. The minimum absolute atomic E-state index is 0.198. The zero-order valence-corrected chi connectivity index (χ0v) is 12.3. The number of rotatable bonds is 6. The van der Waals surface area contributed by atoms with Crippen LogP contribution in [0.15, 0.2) is 30.3 Å². The Balaban J connectivity index is 1.93. The van der Waals surface area contributed by atoms with Crippen LogP contribution < -0.4 is 10.1 Å². The summed E-state index contributed by atoms with van der Waals surface area (Å²) in [4.78, 5) is 22.1. The van der Waals surface area contributed by atoms with Crippen LogP contribution in [0.3, 0.4) is 0 Å². The van der Waals surface area contributed by atoms with Crippen LogP contribution in [0.5, 0.6) is 5.75 Å². The lowest BCUT2D eigenvalue weighted by Crippen LogP contribution is -2.27. The third-order valence-corrected chi connectivity index (χ3v) is 3.10. The second-order valence-corrected chi connectivity index (χ2v) is 4.61. The van der Waals surface area contributed by atoms with Gasteiger partial charge in [0.25, 0.3) is 5.91 Å². The molecule has 0 atom stereocenters. The Morgan fingerprint density at radius 1 is 1.45 bits per heavy atom. The molecule has 1 N–H and O–H groups in total. The van der Waals surface area contributed by atoms with E-state index in [1.165, 1.54) is 17.9 Å². The van der Waals surface area contributed by atoms with Gasteiger partial charge in [-0.15, -0.1) is 0 Å². The molecule has 1 amide bonds. The lowest BCUT2D eigenvalue weighted by atomic mass is 10.2. The van der Waals surface area contributed by atoms with Gasteiger partial charge in [-0.1, -0.05) is 6.07 Å². The predicted octanol–water partition coefficient (Wildman–Crippen LogP) is 1.54. The van der Waals surface area contributed by atoms with Crippen LogP contribution in [0.4, 0.5) is 5.82 Å². The maximum Gasteiger partial charge on any atom is 0.390 e. The molecule has 2 aromatic rings. The van der Waals surface area contributed by atoms with E-state index in [2.05, 4.69) is 10.4 Å². The number of benzene rings is 1. The van der Waals surface area contributed by atoms with E-state index in [9.17, 15) is 14.9 Å².